The maximum atomic E-state index is 4.19. The number of halogens is 1. The van der Waals surface area contributed by atoms with Crippen molar-refractivity contribution in [3.05, 3.63) is 0 Å². The van der Waals surface area contributed by atoms with E-state index >= 15 is 0 Å². The molecule has 0 aliphatic heterocycles. The highest BCUT2D eigenvalue weighted by atomic mass is 127. The summed E-state index contributed by atoms with van der Waals surface area (Å²) in [4.78, 5) is 6.66. The van der Waals surface area contributed by atoms with Gasteiger partial charge in [0, 0.05) is 38.8 Å². The van der Waals surface area contributed by atoms with Gasteiger partial charge in [0.15, 0.2) is 5.96 Å². The van der Waals surface area contributed by atoms with Crippen LogP contribution in [0, 0.1) is 0 Å². The second kappa shape index (κ2) is 12.0. The molecule has 0 saturated heterocycles. The normalized spacial score (nSPS) is 11.9. The van der Waals surface area contributed by atoms with Gasteiger partial charge in [-0.05, 0) is 34.1 Å². The summed E-state index contributed by atoms with van der Waals surface area (Å²) >= 11 is 0. The van der Waals surface area contributed by atoms with Crippen LogP contribution in [0.25, 0.3) is 0 Å². The zero-order chi connectivity index (χ0) is 13.3. The average Bonchev–Trinajstić information content (AvgIpc) is 2.27. The van der Waals surface area contributed by atoms with E-state index in [1.54, 1.807) is 0 Å². The van der Waals surface area contributed by atoms with Crippen LogP contribution in [-0.2, 0) is 0 Å². The van der Waals surface area contributed by atoms with Crippen LogP contribution in [0.3, 0.4) is 0 Å². The lowest BCUT2D eigenvalue weighted by atomic mass is 10.2. The summed E-state index contributed by atoms with van der Waals surface area (Å²) in [6, 6.07) is 1.17. The molecule has 0 rings (SSSR count). The van der Waals surface area contributed by atoms with Crippen LogP contribution in [0.2, 0.25) is 0 Å². The monoisotopic (exact) mass is 370 g/mol. The summed E-state index contributed by atoms with van der Waals surface area (Å²) in [5.41, 5.74) is 0. The van der Waals surface area contributed by atoms with Gasteiger partial charge in [-0.1, -0.05) is 6.92 Å². The maximum Gasteiger partial charge on any atom is 0.191 e. The molecule has 4 nitrogen and oxygen atoms in total. The van der Waals surface area contributed by atoms with E-state index in [4.69, 9.17) is 0 Å². The molecule has 0 aliphatic rings. The molecule has 0 atom stereocenters. The van der Waals surface area contributed by atoms with Gasteiger partial charge in [0.1, 0.15) is 0 Å². The maximum absolute atomic E-state index is 4.19. The van der Waals surface area contributed by atoms with Crippen molar-refractivity contribution in [2.24, 2.45) is 4.99 Å². The molecule has 0 saturated carbocycles. The zero-order valence-corrected chi connectivity index (χ0v) is 15.1. The number of nitrogens with one attached hydrogen (secondary N) is 2. The van der Waals surface area contributed by atoms with Crippen molar-refractivity contribution in [1.29, 1.82) is 0 Å². The molecule has 0 aromatic carbocycles. The predicted octanol–water partition coefficient (Wildman–Crippen LogP) is 2.30. The number of rotatable bonds is 7. The quantitative estimate of drug-likeness (QED) is 0.411. The minimum Gasteiger partial charge on any atom is -0.356 e. The Balaban J connectivity index is 0. The molecule has 0 bridgehead atoms. The molecule has 110 valence electrons. The molecule has 0 aromatic heterocycles. The minimum atomic E-state index is 0. The Hall–Kier alpha value is -0.0400. The van der Waals surface area contributed by atoms with Gasteiger partial charge in [-0.25, -0.2) is 0 Å². The standard InChI is InChI=1S/C13H30N4.HI/c1-7-8-15-13(14-6)16-9-10-17(11(2)3)12(4)5;/h11-12H,7-10H2,1-6H3,(H2,14,15,16);1H. The lowest BCUT2D eigenvalue weighted by Gasteiger charge is -2.30. The first-order valence-electron chi connectivity index (χ1n) is 6.73. The number of guanidine groups is 1. The van der Waals surface area contributed by atoms with Gasteiger partial charge < -0.3 is 10.6 Å². The van der Waals surface area contributed by atoms with Gasteiger partial charge in [0.25, 0.3) is 0 Å². The van der Waals surface area contributed by atoms with E-state index < -0.39 is 0 Å². The van der Waals surface area contributed by atoms with Crippen molar-refractivity contribution in [2.75, 3.05) is 26.7 Å². The molecule has 18 heavy (non-hydrogen) atoms. The number of aliphatic imine (C=N–C) groups is 1. The van der Waals surface area contributed by atoms with Gasteiger partial charge in [-0.2, -0.15) is 0 Å². The number of nitrogens with zero attached hydrogens (tertiary/aromatic N) is 2. The van der Waals surface area contributed by atoms with Gasteiger partial charge in [0.05, 0.1) is 0 Å². The molecule has 0 unspecified atom stereocenters. The molecular weight excluding hydrogens is 339 g/mol. The van der Waals surface area contributed by atoms with E-state index in [-0.39, 0.29) is 24.0 Å². The Labute approximate surface area is 130 Å². The molecule has 0 heterocycles. The Morgan fingerprint density at radius 3 is 1.94 bits per heavy atom. The van der Waals surface area contributed by atoms with Crippen LogP contribution in [0.15, 0.2) is 4.99 Å². The first-order valence-corrected chi connectivity index (χ1v) is 6.73. The Kier molecular flexibility index (Phi) is 13.5. The number of hydrogen-bond donors (Lipinski definition) is 2. The summed E-state index contributed by atoms with van der Waals surface area (Å²) in [6.45, 7) is 14.1. The summed E-state index contributed by atoms with van der Waals surface area (Å²) < 4.78 is 0. The van der Waals surface area contributed by atoms with Crippen molar-refractivity contribution in [1.82, 2.24) is 15.5 Å². The highest BCUT2D eigenvalue weighted by Crippen LogP contribution is 2.02. The second-order valence-corrected chi connectivity index (χ2v) is 4.85. The van der Waals surface area contributed by atoms with E-state index in [0.717, 1.165) is 32.0 Å². The third-order valence-electron chi connectivity index (χ3n) is 2.76. The van der Waals surface area contributed by atoms with Crippen molar-refractivity contribution in [3.63, 3.8) is 0 Å². The van der Waals surface area contributed by atoms with Crippen LogP contribution in [-0.4, -0.2) is 49.6 Å². The Morgan fingerprint density at radius 2 is 1.56 bits per heavy atom. The molecule has 0 aromatic rings. The van der Waals surface area contributed by atoms with Crippen molar-refractivity contribution in [3.8, 4) is 0 Å². The SMILES string of the molecule is CCCNC(=NC)NCCN(C(C)C)C(C)C.I. The largest absolute Gasteiger partial charge is 0.356 e. The third kappa shape index (κ3) is 8.97. The first-order chi connectivity index (χ1) is 8.02. The van der Waals surface area contributed by atoms with Crippen LogP contribution in [0.4, 0.5) is 0 Å². The number of hydrogen-bond acceptors (Lipinski definition) is 2. The van der Waals surface area contributed by atoms with E-state index in [1.807, 2.05) is 7.05 Å². The molecule has 0 aliphatic carbocycles. The second-order valence-electron chi connectivity index (χ2n) is 4.85. The van der Waals surface area contributed by atoms with Gasteiger partial charge in [0.2, 0.25) is 0 Å². The molecule has 0 spiro atoms. The molecule has 0 fully saturated rings. The fraction of sp³-hybridized carbons (Fsp3) is 0.923. The minimum absolute atomic E-state index is 0. The fourth-order valence-electron chi connectivity index (χ4n) is 1.88. The Bertz CT molecular complexity index is 209. The van der Waals surface area contributed by atoms with Crippen LogP contribution < -0.4 is 10.6 Å². The molecular formula is C13H31IN4. The highest BCUT2D eigenvalue weighted by molar-refractivity contribution is 14.0. The molecule has 0 amide bonds. The molecule has 0 radical (unpaired) electrons. The Morgan fingerprint density at radius 1 is 1.06 bits per heavy atom. The van der Waals surface area contributed by atoms with Crippen molar-refractivity contribution < 1.29 is 0 Å². The van der Waals surface area contributed by atoms with Crippen molar-refractivity contribution >= 4 is 29.9 Å². The van der Waals surface area contributed by atoms with E-state index in [2.05, 4.69) is 55.1 Å². The van der Waals surface area contributed by atoms with E-state index in [0.29, 0.717) is 12.1 Å². The summed E-state index contributed by atoms with van der Waals surface area (Å²) in [6.07, 6.45) is 1.12. The zero-order valence-electron chi connectivity index (χ0n) is 12.8. The lowest BCUT2D eigenvalue weighted by Crippen LogP contribution is -2.45. The third-order valence-corrected chi connectivity index (χ3v) is 2.76. The summed E-state index contributed by atoms with van der Waals surface area (Å²) in [5.74, 6) is 0.902. The van der Waals surface area contributed by atoms with Gasteiger partial charge >= 0.3 is 0 Å². The van der Waals surface area contributed by atoms with Crippen LogP contribution in [0.1, 0.15) is 41.0 Å². The molecule has 5 heteroatoms. The first kappa shape index (κ1) is 20.3. The predicted molar refractivity (Wildman–Crippen MR) is 92.0 cm³/mol. The fourth-order valence-corrected chi connectivity index (χ4v) is 1.88. The summed E-state index contributed by atoms with van der Waals surface area (Å²) in [7, 11) is 1.81. The summed E-state index contributed by atoms with van der Waals surface area (Å²) in [5, 5.41) is 6.61. The average molecular weight is 370 g/mol. The molecule has 2 N–H and O–H groups in total. The van der Waals surface area contributed by atoms with Crippen LogP contribution >= 0.6 is 24.0 Å². The van der Waals surface area contributed by atoms with Crippen LogP contribution in [0.5, 0.6) is 0 Å². The van der Waals surface area contributed by atoms with Gasteiger partial charge in [-0.15, -0.1) is 24.0 Å². The smallest absolute Gasteiger partial charge is 0.191 e. The van der Waals surface area contributed by atoms with E-state index in [9.17, 15) is 0 Å². The topological polar surface area (TPSA) is 39.7 Å². The van der Waals surface area contributed by atoms with Gasteiger partial charge in [-0.3, -0.25) is 9.89 Å². The lowest BCUT2D eigenvalue weighted by molar-refractivity contribution is 0.178. The highest BCUT2D eigenvalue weighted by Gasteiger charge is 2.12. The van der Waals surface area contributed by atoms with Crippen molar-refractivity contribution in [2.45, 2.75) is 53.1 Å². The van der Waals surface area contributed by atoms with E-state index in [1.165, 1.54) is 0 Å².